The van der Waals surface area contributed by atoms with E-state index in [0.717, 1.165) is 29.9 Å². The minimum Gasteiger partial charge on any atom is -0.495 e. The molecule has 0 saturated heterocycles. The molecule has 2 aromatic carbocycles. The summed E-state index contributed by atoms with van der Waals surface area (Å²) in [6.07, 6.45) is 4.71. The molecule has 0 saturated carbocycles. The van der Waals surface area contributed by atoms with Gasteiger partial charge in [-0.25, -0.2) is 4.79 Å². The Morgan fingerprint density at radius 1 is 1.32 bits per heavy atom. The van der Waals surface area contributed by atoms with Crippen molar-refractivity contribution in [2.75, 3.05) is 13.7 Å². The summed E-state index contributed by atoms with van der Waals surface area (Å²) >= 11 is 0. The van der Waals surface area contributed by atoms with Crippen LogP contribution in [-0.2, 0) is 6.42 Å². The van der Waals surface area contributed by atoms with Gasteiger partial charge in [0, 0.05) is 6.42 Å². The molecule has 1 aromatic heterocycles. The number of ether oxygens (including phenoxy) is 2. The summed E-state index contributed by atoms with van der Waals surface area (Å²) in [7, 11) is 1.46. The second kappa shape index (κ2) is 5.98. The van der Waals surface area contributed by atoms with Crippen molar-refractivity contribution in [1.82, 2.24) is 10.2 Å². The average molecular weight is 336 g/mol. The summed E-state index contributed by atoms with van der Waals surface area (Å²) in [6.45, 7) is 0.724. The van der Waals surface area contributed by atoms with Crippen molar-refractivity contribution in [3.8, 4) is 11.5 Å². The summed E-state index contributed by atoms with van der Waals surface area (Å²) in [5.41, 5.74) is 3.70. The SMILES string of the molecule is COc1c(C(=O)O)ccc2[nH]nc(C=Cc3ccc4c(c3)CCO4)c12. The Bertz CT molecular complexity index is 1000. The second-order valence-corrected chi connectivity index (χ2v) is 5.78. The monoisotopic (exact) mass is 336 g/mol. The van der Waals surface area contributed by atoms with Crippen LogP contribution in [0.2, 0.25) is 0 Å². The molecular formula is C19H16N2O4. The lowest BCUT2D eigenvalue weighted by atomic mass is 10.1. The van der Waals surface area contributed by atoms with Gasteiger partial charge in [-0.15, -0.1) is 0 Å². The van der Waals surface area contributed by atoms with Crippen LogP contribution in [0.1, 0.15) is 27.2 Å². The number of methoxy groups -OCH3 is 1. The minimum atomic E-state index is -1.03. The molecular weight excluding hydrogens is 320 g/mol. The van der Waals surface area contributed by atoms with Crippen molar-refractivity contribution < 1.29 is 19.4 Å². The first kappa shape index (κ1) is 15.3. The largest absolute Gasteiger partial charge is 0.495 e. The van der Waals surface area contributed by atoms with Gasteiger partial charge in [-0.05, 0) is 41.5 Å². The van der Waals surface area contributed by atoms with Crippen LogP contribution < -0.4 is 9.47 Å². The van der Waals surface area contributed by atoms with Gasteiger partial charge in [0.15, 0.2) is 0 Å². The molecule has 0 radical (unpaired) electrons. The van der Waals surface area contributed by atoms with Crippen molar-refractivity contribution in [3.05, 3.63) is 52.7 Å². The molecule has 6 nitrogen and oxygen atoms in total. The topological polar surface area (TPSA) is 84.4 Å². The Morgan fingerprint density at radius 3 is 3.00 bits per heavy atom. The summed E-state index contributed by atoms with van der Waals surface area (Å²) in [5, 5.41) is 17.2. The molecule has 126 valence electrons. The smallest absolute Gasteiger partial charge is 0.339 e. The van der Waals surface area contributed by atoms with Crippen LogP contribution in [0.4, 0.5) is 0 Å². The van der Waals surface area contributed by atoms with E-state index in [-0.39, 0.29) is 5.56 Å². The predicted molar refractivity (Wildman–Crippen MR) is 94.2 cm³/mol. The number of H-pyrrole nitrogens is 1. The fourth-order valence-electron chi connectivity index (χ4n) is 3.09. The van der Waals surface area contributed by atoms with Crippen molar-refractivity contribution in [3.63, 3.8) is 0 Å². The molecule has 0 amide bonds. The van der Waals surface area contributed by atoms with E-state index in [2.05, 4.69) is 16.3 Å². The number of rotatable bonds is 4. The van der Waals surface area contributed by atoms with Crippen molar-refractivity contribution in [2.24, 2.45) is 0 Å². The molecule has 1 aliphatic heterocycles. The van der Waals surface area contributed by atoms with Gasteiger partial charge in [-0.3, -0.25) is 5.10 Å². The Morgan fingerprint density at radius 2 is 2.20 bits per heavy atom. The first-order valence-corrected chi connectivity index (χ1v) is 7.89. The van der Waals surface area contributed by atoms with E-state index >= 15 is 0 Å². The Hall–Kier alpha value is -3.28. The summed E-state index contributed by atoms with van der Waals surface area (Å²) in [6, 6.07) is 9.24. The third kappa shape index (κ3) is 2.61. The van der Waals surface area contributed by atoms with Gasteiger partial charge in [0.05, 0.1) is 30.3 Å². The van der Waals surface area contributed by atoms with E-state index in [0.29, 0.717) is 16.8 Å². The van der Waals surface area contributed by atoms with E-state index in [4.69, 9.17) is 9.47 Å². The maximum atomic E-state index is 11.4. The maximum absolute atomic E-state index is 11.4. The molecule has 0 bridgehead atoms. The van der Waals surface area contributed by atoms with Gasteiger partial charge >= 0.3 is 5.97 Å². The molecule has 0 unspecified atom stereocenters. The van der Waals surface area contributed by atoms with E-state index < -0.39 is 5.97 Å². The number of nitrogens with one attached hydrogen (secondary N) is 1. The van der Waals surface area contributed by atoms with Gasteiger partial charge in [0.25, 0.3) is 0 Å². The highest BCUT2D eigenvalue weighted by molar-refractivity contribution is 6.02. The molecule has 6 heteroatoms. The highest BCUT2D eigenvalue weighted by atomic mass is 16.5. The third-order valence-corrected chi connectivity index (χ3v) is 4.29. The number of carboxylic acid groups (broad SMARTS) is 1. The molecule has 2 N–H and O–H groups in total. The molecule has 0 atom stereocenters. The number of carbonyl (C=O) groups is 1. The molecule has 0 fully saturated rings. The molecule has 3 aromatic rings. The molecule has 4 rings (SSSR count). The molecule has 2 heterocycles. The number of aromatic nitrogens is 2. The lowest BCUT2D eigenvalue weighted by Crippen LogP contribution is -2.00. The summed E-state index contributed by atoms with van der Waals surface area (Å²) in [5.74, 6) is 0.212. The second-order valence-electron chi connectivity index (χ2n) is 5.78. The Balaban J connectivity index is 1.76. The quantitative estimate of drug-likeness (QED) is 0.763. The van der Waals surface area contributed by atoms with E-state index in [1.165, 1.54) is 18.7 Å². The average Bonchev–Trinajstić information content (AvgIpc) is 3.25. The van der Waals surface area contributed by atoms with E-state index in [1.807, 2.05) is 24.3 Å². The highest BCUT2D eigenvalue weighted by Gasteiger charge is 2.18. The standard InChI is InChI=1S/C19H16N2O4/c1-24-18-13(19(22)23)4-6-15-17(18)14(20-21-15)5-2-11-3-7-16-12(10-11)8-9-25-16/h2-7,10H,8-9H2,1H3,(H,20,21)(H,22,23). The van der Waals surface area contributed by atoms with Gasteiger partial charge in [-0.1, -0.05) is 12.1 Å². The molecule has 25 heavy (non-hydrogen) atoms. The zero-order valence-electron chi connectivity index (χ0n) is 13.6. The van der Waals surface area contributed by atoms with Crippen molar-refractivity contribution >= 4 is 29.0 Å². The van der Waals surface area contributed by atoms with Crippen LogP contribution in [0.5, 0.6) is 11.5 Å². The predicted octanol–water partition coefficient (Wildman–Crippen LogP) is 3.38. The Labute approximate surface area is 143 Å². The van der Waals surface area contributed by atoms with Gasteiger partial charge in [0.2, 0.25) is 0 Å². The lowest BCUT2D eigenvalue weighted by Gasteiger charge is -2.06. The zero-order valence-corrected chi connectivity index (χ0v) is 13.6. The van der Waals surface area contributed by atoms with Crippen LogP contribution >= 0.6 is 0 Å². The summed E-state index contributed by atoms with van der Waals surface area (Å²) in [4.78, 5) is 11.4. The number of fused-ring (bicyclic) bond motifs is 2. The van der Waals surface area contributed by atoms with Crippen LogP contribution in [0.15, 0.2) is 30.3 Å². The van der Waals surface area contributed by atoms with Gasteiger partial charge < -0.3 is 14.6 Å². The number of hydrogen-bond donors (Lipinski definition) is 2. The maximum Gasteiger partial charge on any atom is 0.339 e. The van der Waals surface area contributed by atoms with Crippen molar-refractivity contribution in [2.45, 2.75) is 6.42 Å². The third-order valence-electron chi connectivity index (χ3n) is 4.29. The van der Waals surface area contributed by atoms with Gasteiger partial charge in [-0.2, -0.15) is 5.10 Å². The van der Waals surface area contributed by atoms with Crippen LogP contribution in [-0.4, -0.2) is 35.0 Å². The van der Waals surface area contributed by atoms with Gasteiger partial charge in [0.1, 0.15) is 17.1 Å². The van der Waals surface area contributed by atoms with E-state index in [9.17, 15) is 9.90 Å². The molecule has 0 aliphatic carbocycles. The lowest BCUT2D eigenvalue weighted by molar-refractivity contribution is 0.0693. The highest BCUT2D eigenvalue weighted by Crippen LogP contribution is 2.32. The number of carboxylic acids is 1. The van der Waals surface area contributed by atoms with Crippen LogP contribution in [0.25, 0.3) is 23.1 Å². The van der Waals surface area contributed by atoms with Crippen molar-refractivity contribution in [1.29, 1.82) is 0 Å². The molecule has 0 spiro atoms. The van der Waals surface area contributed by atoms with Crippen LogP contribution in [0, 0.1) is 0 Å². The number of nitrogens with zero attached hydrogens (tertiary/aromatic N) is 1. The first-order chi connectivity index (χ1) is 12.2. The number of benzene rings is 2. The zero-order chi connectivity index (χ0) is 17.4. The number of hydrogen-bond acceptors (Lipinski definition) is 4. The normalized spacial score (nSPS) is 13.2. The molecule has 1 aliphatic rings. The fraction of sp³-hybridized carbons (Fsp3) is 0.158. The summed E-state index contributed by atoms with van der Waals surface area (Å²) < 4.78 is 10.9. The number of aromatic amines is 1. The van der Waals surface area contributed by atoms with Crippen LogP contribution in [0.3, 0.4) is 0 Å². The minimum absolute atomic E-state index is 0.112. The Kier molecular flexibility index (Phi) is 3.65. The van der Waals surface area contributed by atoms with E-state index in [1.54, 1.807) is 6.07 Å². The number of aromatic carboxylic acids is 1. The fourth-order valence-corrected chi connectivity index (χ4v) is 3.09. The first-order valence-electron chi connectivity index (χ1n) is 7.89.